The maximum absolute atomic E-state index is 13.1. The normalized spacial score (nSPS) is 24.2. The summed E-state index contributed by atoms with van der Waals surface area (Å²) in [4.78, 5) is 26.2. The molecule has 1 fully saturated rings. The third kappa shape index (κ3) is 4.18. The van der Waals surface area contributed by atoms with E-state index in [1.54, 1.807) is 36.4 Å². The van der Waals surface area contributed by atoms with E-state index in [4.69, 9.17) is 9.47 Å². The molecule has 8 heteroatoms. The van der Waals surface area contributed by atoms with Crippen LogP contribution in [0.4, 0.5) is 0 Å². The Hall–Kier alpha value is -2.46. The molecular formula is C23H26O8. The topological polar surface area (TPSA) is 134 Å². The van der Waals surface area contributed by atoms with Crippen LogP contribution in [-0.2, 0) is 9.47 Å². The second-order valence-electron chi connectivity index (χ2n) is 8.03. The highest BCUT2D eigenvalue weighted by Crippen LogP contribution is 2.41. The summed E-state index contributed by atoms with van der Waals surface area (Å²) >= 11 is 0. The van der Waals surface area contributed by atoms with Gasteiger partial charge >= 0.3 is 0 Å². The molecule has 4 atom stereocenters. The molecule has 0 saturated carbocycles. The third-order valence-electron chi connectivity index (χ3n) is 5.38. The molecule has 4 N–H and O–H groups in total. The smallest absolute Gasteiger partial charge is 0.199 e. The predicted molar refractivity (Wildman–Crippen MR) is 109 cm³/mol. The lowest BCUT2D eigenvalue weighted by molar-refractivity contribution is -0.173. The summed E-state index contributed by atoms with van der Waals surface area (Å²) in [5.41, 5.74) is -4.93. The fraction of sp³-hybridized carbons (Fsp3) is 0.391. The molecule has 1 aliphatic rings. The van der Waals surface area contributed by atoms with Crippen molar-refractivity contribution in [3.05, 3.63) is 71.8 Å². The van der Waals surface area contributed by atoms with Crippen LogP contribution in [0.3, 0.4) is 0 Å². The number of carbonyl (C=O) groups excluding carboxylic acids is 2. The number of aliphatic hydroxyl groups is 4. The lowest BCUT2D eigenvalue weighted by Gasteiger charge is -2.38. The van der Waals surface area contributed by atoms with Gasteiger partial charge in [0.05, 0.1) is 13.2 Å². The molecule has 166 valence electrons. The number of ether oxygens (including phenoxy) is 2. The van der Waals surface area contributed by atoms with Crippen LogP contribution in [0.5, 0.6) is 0 Å². The summed E-state index contributed by atoms with van der Waals surface area (Å²) in [5.74, 6) is -3.19. The van der Waals surface area contributed by atoms with Gasteiger partial charge in [0, 0.05) is 11.1 Å². The first-order valence-corrected chi connectivity index (χ1v) is 9.81. The number of aliphatic hydroxyl groups excluding tert-OH is 2. The van der Waals surface area contributed by atoms with E-state index in [2.05, 4.69) is 0 Å². The van der Waals surface area contributed by atoms with Crippen LogP contribution >= 0.6 is 0 Å². The second kappa shape index (κ2) is 8.58. The zero-order chi connectivity index (χ0) is 22.9. The van der Waals surface area contributed by atoms with Crippen molar-refractivity contribution in [1.29, 1.82) is 0 Å². The van der Waals surface area contributed by atoms with Crippen molar-refractivity contribution in [3.8, 4) is 0 Å². The molecule has 3 rings (SSSR count). The van der Waals surface area contributed by atoms with E-state index in [1.165, 1.54) is 38.1 Å². The van der Waals surface area contributed by atoms with Crippen LogP contribution in [0, 0.1) is 0 Å². The van der Waals surface area contributed by atoms with Crippen molar-refractivity contribution >= 4 is 11.6 Å². The highest BCUT2D eigenvalue weighted by Gasteiger charge is 2.63. The van der Waals surface area contributed by atoms with Crippen molar-refractivity contribution in [2.24, 2.45) is 0 Å². The summed E-state index contributed by atoms with van der Waals surface area (Å²) in [6.07, 6.45) is -3.32. The van der Waals surface area contributed by atoms with Crippen molar-refractivity contribution < 1.29 is 39.5 Å². The first-order valence-electron chi connectivity index (χ1n) is 9.81. The number of benzene rings is 2. The van der Waals surface area contributed by atoms with Gasteiger partial charge < -0.3 is 29.9 Å². The van der Waals surface area contributed by atoms with Gasteiger partial charge in [0.1, 0.15) is 12.2 Å². The summed E-state index contributed by atoms with van der Waals surface area (Å²) in [7, 11) is 0. The van der Waals surface area contributed by atoms with Crippen LogP contribution in [0.25, 0.3) is 0 Å². The minimum atomic E-state index is -2.56. The quantitative estimate of drug-likeness (QED) is 0.450. The molecule has 2 aromatic rings. The average molecular weight is 430 g/mol. The molecule has 0 spiro atoms. The first kappa shape index (κ1) is 23.2. The molecule has 0 amide bonds. The monoisotopic (exact) mass is 430 g/mol. The second-order valence-corrected chi connectivity index (χ2v) is 8.03. The number of rotatable bonds is 8. The summed E-state index contributed by atoms with van der Waals surface area (Å²) in [5, 5.41) is 42.5. The zero-order valence-electron chi connectivity index (χ0n) is 17.3. The van der Waals surface area contributed by atoms with E-state index in [0.717, 1.165) is 0 Å². The van der Waals surface area contributed by atoms with E-state index >= 15 is 0 Å². The van der Waals surface area contributed by atoms with Crippen molar-refractivity contribution in [2.45, 2.75) is 43.0 Å². The Morgan fingerprint density at radius 3 is 1.39 bits per heavy atom. The van der Waals surface area contributed by atoms with Crippen LogP contribution < -0.4 is 0 Å². The van der Waals surface area contributed by atoms with E-state index < -0.39 is 54.0 Å². The highest BCUT2D eigenvalue weighted by atomic mass is 16.8. The Balaban J connectivity index is 2.07. The van der Waals surface area contributed by atoms with Gasteiger partial charge in [-0.2, -0.15) is 0 Å². The predicted octanol–water partition coefficient (Wildman–Crippen LogP) is 0.719. The standard InChI is InChI=1S/C23H26O8/c1-21(2)30-19(22(28,13-24)17(26)15-9-5-3-6-10-15)20(31-21)23(29,14-25)18(27)16-11-7-4-8-12-16/h3-12,19-20,24-25,28-29H,13-14H2,1-2H3/t19-,20-,22-,23-/m0/s1. The molecule has 8 nitrogen and oxygen atoms in total. The molecular weight excluding hydrogens is 404 g/mol. The molecule has 31 heavy (non-hydrogen) atoms. The lowest BCUT2D eigenvalue weighted by Crippen LogP contribution is -2.65. The van der Waals surface area contributed by atoms with Gasteiger partial charge in [-0.15, -0.1) is 0 Å². The number of ketones is 2. The van der Waals surface area contributed by atoms with Gasteiger partial charge in [-0.3, -0.25) is 9.59 Å². The van der Waals surface area contributed by atoms with Gasteiger partial charge in [0.15, 0.2) is 28.6 Å². The molecule has 0 bridgehead atoms. The van der Waals surface area contributed by atoms with Crippen molar-refractivity contribution in [1.82, 2.24) is 0 Å². The fourth-order valence-corrected chi connectivity index (χ4v) is 3.72. The molecule has 1 heterocycles. The fourth-order valence-electron chi connectivity index (χ4n) is 3.72. The lowest BCUT2D eigenvalue weighted by atomic mass is 9.77. The third-order valence-corrected chi connectivity index (χ3v) is 5.38. The first-order chi connectivity index (χ1) is 14.6. The van der Waals surface area contributed by atoms with Gasteiger partial charge in [-0.25, -0.2) is 0 Å². The van der Waals surface area contributed by atoms with Gasteiger partial charge in [-0.1, -0.05) is 60.7 Å². The highest BCUT2D eigenvalue weighted by molar-refractivity contribution is 6.04. The van der Waals surface area contributed by atoms with E-state index in [0.29, 0.717) is 0 Å². The summed E-state index contributed by atoms with van der Waals surface area (Å²) in [6.45, 7) is 0.801. The van der Waals surface area contributed by atoms with Crippen molar-refractivity contribution in [2.75, 3.05) is 13.2 Å². The Bertz CT molecular complexity index is 854. The summed E-state index contributed by atoms with van der Waals surface area (Å²) in [6, 6.07) is 15.5. The maximum atomic E-state index is 13.1. The molecule has 0 radical (unpaired) electrons. The Labute approximate surface area is 179 Å². The summed E-state index contributed by atoms with van der Waals surface area (Å²) < 4.78 is 11.4. The van der Waals surface area contributed by atoms with E-state index in [9.17, 15) is 30.0 Å². The Kier molecular flexibility index (Phi) is 6.43. The molecule has 0 unspecified atom stereocenters. The zero-order valence-corrected chi connectivity index (χ0v) is 17.3. The molecule has 0 aliphatic carbocycles. The maximum Gasteiger partial charge on any atom is 0.199 e. The minimum absolute atomic E-state index is 0.0908. The number of Topliss-reactive ketones (excluding diaryl/α,β-unsaturated/α-hetero) is 2. The average Bonchev–Trinajstić information content (AvgIpc) is 3.14. The van der Waals surface area contributed by atoms with Gasteiger partial charge in [0.25, 0.3) is 0 Å². The molecule has 1 saturated heterocycles. The molecule has 1 aliphatic heterocycles. The SMILES string of the molecule is CC1(C)O[C@H]([C@](O)(CO)C(=O)c2ccccc2)[C@@H]([C@](O)(CO)C(=O)c2ccccc2)O1. The Morgan fingerprint density at radius 1 is 0.774 bits per heavy atom. The van der Waals surface area contributed by atoms with Crippen LogP contribution in [0.1, 0.15) is 34.6 Å². The van der Waals surface area contributed by atoms with E-state index in [-0.39, 0.29) is 11.1 Å². The number of carbonyl (C=O) groups is 2. The van der Waals surface area contributed by atoms with Crippen LogP contribution in [0.2, 0.25) is 0 Å². The molecule has 2 aromatic carbocycles. The van der Waals surface area contributed by atoms with Gasteiger partial charge in [0.2, 0.25) is 0 Å². The van der Waals surface area contributed by atoms with Crippen LogP contribution in [-0.4, -0.2) is 74.4 Å². The van der Waals surface area contributed by atoms with E-state index in [1.807, 2.05) is 0 Å². The Morgan fingerprint density at radius 2 is 1.10 bits per heavy atom. The van der Waals surface area contributed by atoms with Crippen LogP contribution in [0.15, 0.2) is 60.7 Å². The minimum Gasteiger partial charge on any atom is -0.393 e. The molecule has 0 aromatic heterocycles. The van der Waals surface area contributed by atoms with Crippen molar-refractivity contribution in [3.63, 3.8) is 0 Å². The van der Waals surface area contributed by atoms with Gasteiger partial charge in [-0.05, 0) is 13.8 Å². The largest absolute Gasteiger partial charge is 0.393 e. The number of hydrogen-bond donors (Lipinski definition) is 4. The number of hydrogen-bond acceptors (Lipinski definition) is 8.